The van der Waals surface area contributed by atoms with Gasteiger partial charge < -0.3 is 9.72 Å². The van der Waals surface area contributed by atoms with Crippen molar-refractivity contribution in [2.75, 3.05) is 6.61 Å². The van der Waals surface area contributed by atoms with E-state index in [1.807, 2.05) is 36.4 Å². The molecule has 2 aromatic rings. The predicted octanol–water partition coefficient (Wildman–Crippen LogP) is 2.11. The highest BCUT2D eigenvalue weighted by molar-refractivity contribution is 5.81. The zero-order valence-corrected chi connectivity index (χ0v) is 11.3. The Balaban J connectivity index is 1.74. The maximum atomic E-state index is 11.5. The van der Waals surface area contributed by atoms with Gasteiger partial charge in [0.05, 0.1) is 11.9 Å². The van der Waals surface area contributed by atoms with Gasteiger partial charge in [0.25, 0.3) is 5.91 Å². The van der Waals surface area contributed by atoms with Crippen LogP contribution in [0.15, 0.2) is 47.7 Å². The van der Waals surface area contributed by atoms with Crippen molar-refractivity contribution in [3.8, 4) is 5.75 Å². The van der Waals surface area contributed by atoms with Crippen LogP contribution in [0.2, 0.25) is 0 Å². The molecule has 5 nitrogen and oxygen atoms in total. The quantitative estimate of drug-likeness (QED) is 0.624. The van der Waals surface area contributed by atoms with Crippen molar-refractivity contribution in [3.63, 3.8) is 0 Å². The number of amides is 1. The Hall–Kier alpha value is -2.56. The lowest BCUT2D eigenvalue weighted by molar-refractivity contribution is -0.123. The average Bonchev–Trinajstić information content (AvgIpc) is 2.99. The number of aryl methyl sites for hydroxylation is 1. The fraction of sp³-hybridized carbons (Fsp3) is 0.200. The highest BCUT2D eigenvalue weighted by Crippen LogP contribution is 2.12. The van der Waals surface area contributed by atoms with Crippen molar-refractivity contribution in [1.82, 2.24) is 10.4 Å². The molecule has 104 valence electrons. The van der Waals surface area contributed by atoms with Crippen LogP contribution in [0, 0.1) is 0 Å². The van der Waals surface area contributed by atoms with Crippen LogP contribution in [0.4, 0.5) is 0 Å². The summed E-state index contributed by atoms with van der Waals surface area (Å²) < 4.78 is 5.36. The normalized spacial score (nSPS) is 10.7. The Morgan fingerprint density at radius 1 is 1.35 bits per heavy atom. The minimum absolute atomic E-state index is 0.0620. The second-order valence-corrected chi connectivity index (χ2v) is 4.20. The molecule has 0 fully saturated rings. The number of nitrogens with zero attached hydrogens (tertiary/aromatic N) is 1. The number of hydrazone groups is 1. The van der Waals surface area contributed by atoms with Gasteiger partial charge in [-0.15, -0.1) is 0 Å². The first-order valence-corrected chi connectivity index (χ1v) is 6.45. The number of rotatable bonds is 6. The third kappa shape index (κ3) is 4.28. The van der Waals surface area contributed by atoms with Gasteiger partial charge >= 0.3 is 0 Å². The lowest BCUT2D eigenvalue weighted by Gasteiger charge is -2.05. The van der Waals surface area contributed by atoms with Gasteiger partial charge in [0.15, 0.2) is 6.61 Å². The third-order valence-corrected chi connectivity index (χ3v) is 2.72. The number of aromatic nitrogens is 1. The molecular weight excluding hydrogens is 254 g/mol. The molecule has 5 heteroatoms. The van der Waals surface area contributed by atoms with E-state index < -0.39 is 0 Å². The molecule has 0 saturated heterocycles. The van der Waals surface area contributed by atoms with Gasteiger partial charge in [-0.2, -0.15) is 5.10 Å². The van der Waals surface area contributed by atoms with E-state index in [0.717, 1.165) is 12.1 Å². The molecule has 0 bridgehead atoms. The van der Waals surface area contributed by atoms with Crippen LogP contribution in [-0.4, -0.2) is 23.7 Å². The molecule has 0 aliphatic carbocycles. The monoisotopic (exact) mass is 271 g/mol. The van der Waals surface area contributed by atoms with Gasteiger partial charge in [-0.3, -0.25) is 4.79 Å². The van der Waals surface area contributed by atoms with Gasteiger partial charge in [-0.25, -0.2) is 5.43 Å². The molecule has 0 atom stereocenters. The summed E-state index contributed by atoms with van der Waals surface area (Å²) >= 11 is 0. The third-order valence-electron chi connectivity index (χ3n) is 2.72. The molecule has 0 aliphatic heterocycles. The Morgan fingerprint density at radius 2 is 2.15 bits per heavy atom. The summed E-state index contributed by atoms with van der Waals surface area (Å²) in [7, 11) is 0. The minimum atomic E-state index is -0.299. The number of hydrogen-bond acceptors (Lipinski definition) is 3. The van der Waals surface area contributed by atoms with Crippen molar-refractivity contribution in [2.24, 2.45) is 5.10 Å². The summed E-state index contributed by atoms with van der Waals surface area (Å²) in [4.78, 5) is 14.5. The Kier molecular flexibility index (Phi) is 4.94. The minimum Gasteiger partial charge on any atom is -0.484 e. The van der Waals surface area contributed by atoms with E-state index in [0.29, 0.717) is 5.75 Å². The zero-order valence-electron chi connectivity index (χ0n) is 11.3. The molecule has 2 N–H and O–H groups in total. The molecule has 1 amide bonds. The molecule has 1 aromatic carbocycles. The number of ether oxygens (including phenoxy) is 1. The van der Waals surface area contributed by atoms with Gasteiger partial charge in [-0.1, -0.05) is 19.1 Å². The Labute approximate surface area is 117 Å². The number of carbonyl (C=O) groups is 1. The molecule has 1 heterocycles. The second kappa shape index (κ2) is 7.13. The van der Waals surface area contributed by atoms with Crippen LogP contribution in [-0.2, 0) is 11.2 Å². The number of nitrogens with one attached hydrogen (secondary N) is 2. The van der Waals surface area contributed by atoms with Gasteiger partial charge in [0.1, 0.15) is 5.75 Å². The smallest absolute Gasteiger partial charge is 0.277 e. The first kappa shape index (κ1) is 13.9. The van der Waals surface area contributed by atoms with E-state index in [4.69, 9.17) is 4.74 Å². The van der Waals surface area contributed by atoms with E-state index in [2.05, 4.69) is 22.4 Å². The molecule has 1 aromatic heterocycles. The molecule has 0 radical (unpaired) electrons. The van der Waals surface area contributed by atoms with Crippen LogP contribution < -0.4 is 10.2 Å². The summed E-state index contributed by atoms with van der Waals surface area (Å²) in [6.45, 7) is 2.03. The summed E-state index contributed by atoms with van der Waals surface area (Å²) in [5, 5.41) is 3.82. The van der Waals surface area contributed by atoms with Crippen molar-refractivity contribution >= 4 is 12.1 Å². The molecule has 0 unspecified atom stereocenters. The van der Waals surface area contributed by atoms with Crippen LogP contribution in [0.1, 0.15) is 18.2 Å². The summed E-state index contributed by atoms with van der Waals surface area (Å²) in [6.07, 6.45) is 4.30. The number of hydrogen-bond donors (Lipinski definition) is 2. The summed E-state index contributed by atoms with van der Waals surface area (Å²) in [6, 6.07) is 11.4. The number of H-pyrrole nitrogens is 1. The van der Waals surface area contributed by atoms with E-state index in [-0.39, 0.29) is 12.5 Å². The lowest BCUT2D eigenvalue weighted by Crippen LogP contribution is -2.24. The second-order valence-electron chi connectivity index (χ2n) is 4.20. The zero-order chi connectivity index (χ0) is 14.2. The van der Waals surface area contributed by atoms with Gasteiger partial charge in [0.2, 0.25) is 0 Å². The largest absolute Gasteiger partial charge is 0.484 e. The van der Waals surface area contributed by atoms with Gasteiger partial charge in [0, 0.05) is 6.20 Å². The highest BCUT2D eigenvalue weighted by atomic mass is 16.5. The van der Waals surface area contributed by atoms with Gasteiger partial charge in [-0.05, 0) is 36.2 Å². The Bertz CT molecular complexity index is 559. The Morgan fingerprint density at radius 3 is 2.80 bits per heavy atom. The topological polar surface area (TPSA) is 66.5 Å². The molecule has 0 spiro atoms. The number of carbonyl (C=O) groups excluding carboxylic acids is 1. The molecule has 0 saturated carbocycles. The van der Waals surface area contributed by atoms with Crippen molar-refractivity contribution in [3.05, 3.63) is 53.9 Å². The summed E-state index contributed by atoms with van der Waals surface area (Å²) in [5.74, 6) is 0.373. The molecular formula is C15H17N3O2. The molecule has 20 heavy (non-hydrogen) atoms. The molecule has 0 aliphatic rings. The lowest BCUT2D eigenvalue weighted by atomic mass is 10.2. The number of aromatic amines is 1. The summed E-state index contributed by atoms with van der Waals surface area (Å²) in [5.41, 5.74) is 4.45. The van der Waals surface area contributed by atoms with E-state index in [9.17, 15) is 4.79 Å². The van der Waals surface area contributed by atoms with E-state index in [1.54, 1.807) is 6.20 Å². The average molecular weight is 271 g/mol. The van der Waals surface area contributed by atoms with E-state index in [1.165, 1.54) is 11.8 Å². The van der Waals surface area contributed by atoms with Crippen LogP contribution in [0.25, 0.3) is 0 Å². The highest BCUT2D eigenvalue weighted by Gasteiger charge is 2.01. The van der Waals surface area contributed by atoms with Crippen molar-refractivity contribution in [1.29, 1.82) is 0 Å². The maximum Gasteiger partial charge on any atom is 0.277 e. The maximum absolute atomic E-state index is 11.5. The fourth-order valence-corrected chi connectivity index (χ4v) is 1.60. The van der Waals surface area contributed by atoms with Crippen molar-refractivity contribution in [2.45, 2.75) is 13.3 Å². The van der Waals surface area contributed by atoms with E-state index >= 15 is 0 Å². The van der Waals surface area contributed by atoms with Crippen LogP contribution in [0.5, 0.6) is 5.75 Å². The van der Waals surface area contributed by atoms with Crippen molar-refractivity contribution < 1.29 is 9.53 Å². The first-order chi connectivity index (χ1) is 9.78. The molecule has 2 rings (SSSR count). The van der Waals surface area contributed by atoms with Crippen LogP contribution in [0.3, 0.4) is 0 Å². The van der Waals surface area contributed by atoms with Crippen LogP contribution >= 0.6 is 0 Å². The first-order valence-electron chi connectivity index (χ1n) is 6.45. The standard InChI is InChI=1S/C15H17N3O2/c1-2-12-5-7-14(8-6-12)20-11-15(19)18-17-10-13-4-3-9-16-13/h3-10,16H,2,11H2,1H3,(H,18,19)/b17-10+. The fourth-order valence-electron chi connectivity index (χ4n) is 1.60. The number of benzene rings is 1. The SMILES string of the molecule is CCc1ccc(OCC(=O)N/N=C/c2ccc[nH]2)cc1. The predicted molar refractivity (Wildman–Crippen MR) is 77.8 cm³/mol.